The fraction of sp³-hybridized carbons (Fsp3) is 0.250. The molecule has 2 aromatic rings. The van der Waals surface area contributed by atoms with Crippen molar-refractivity contribution < 1.29 is 19.1 Å². The first-order valence-electron chi connectivity index (χ1n) is 8.55. The van der Waals surface area contributed by atoms with Crippen molar-refractivity contribution in [3.8, 4) is 0 Å². The van der Waals surface area contributed by atoms with Crippen molar-refractivity contribution in [2.24, 2.45) is 0 Å². The zero-order chi connectivity index (χ0) is 19.2. The van der Waals surface area contributed by atoms with Gasteiger partial charge in [0.2, 0.25) is 0 Å². The van der Waals surface area contributed by atoms with Gasteiger partial charge < -0.3 is 10.1 Å². The Labute approximate surface area is 161 Å². The molecule has 1 aliphatic heterocycles. The SMILES string of the molecule is CSCCC(NC(=O)OCc1ccccc1)N1C(=O)c2ccccc2C1=O. The van der Waals surface area contributed by atoms with Crippen LogP contribution in [-0.4, -0.2) is 41.0 Å². The smallest absolute Gasteiger partial charge is 0.409 e. The van der Waals surface area contributed by atoms with Crippen LogP contribution in [0.25, 0.3) is 0 Å². The van der Waals surface area contributed by atoms with Gasteiger partial charge in [-0.2, -0.15) is 11.8 Å². The van der Waals surface area contributed by atoms with Gasteiger partial charge in [0.15, 0.2) is 0 Å². The van der Waals surface area contributed by atoms with Gasteiger partial charge in [0.25, 0.3) is 11.8 Å². The summed E-state index contributed by atoms with van der Waals surface area (Å²) in [6, 6.07) is 16.0. The Morgan fingerprint density at radius 3 is 2.22 bits per heavy atom. The molecule has 0 aromatic heterocycles. The molecule has 1 atom stereocenters. The molecule has 0 radical (unpaired) electrons. The number of amides is 3. The number of benzene rings is 2. The number of hydrogen-bond acceptors (Lipinski definition) is 5. The largest absolute Gasteiger partial charge is 0.445 e. The second-order valence-corrected chi connectivity index (χ2v) is 7.01. The summed E-state index contributed by atoms with van der Waals surface area (Å²) in [7, 11) is 0. The van der Waals surface area contributed by atoms with Gasteiger partial charge in [-0.3, -0.25) is 14.5 Å². The zero-order valence-electron chi connectivity index (χ0n) is 14.9. The van der Waals surface area contributed by atoms with Crippen molar-refractivity contribution >= 4 is 29.7 Å². The molecule has 6 nitrogen and oxygen atoms in total. The molecule has 0 aliphatic carbocycles. The van der Waals surface area contributed by atoms with Gasteiger partial charge in [-0.1, -0.05) is 42.5 Å². The predicted octanol–water partition coefficient (Wildman–Crippen LogP) is 3.29. The summed E-state index contributed by atoms with van der Waals surface area (Å²) in [6.07, 6.45) is 0.940. The van der Waals surface area contributed by atoms with E-state index in [1.807, 2.05) is 36.6 Å². The molecule has 1 aliphatic rings. The highest BCUT2D eigenvalue weighted by Crippen LogP contribution is 2.25. The molecule has 1 N–H and O–H groups in total. The summed E-state index contributed by atoms with van der Waals surface area (Å²) in [5, 5.41) is 2.67. The van der Waals surface area contributed by atoms with E-state index in [0.717, 1.165) is 10.5 Å². The fourth-order valence-electron chi connectivity index (χ4n) is 2.89. The maximum Gasteiger partial charge on any atom is 0.409 e. The minimum Gasteiger partial charge on any atom is -0.445 e. The molecule has 3 rings (SSSR count). The Bertz CT molecular complexity index is 806. The van der Waals surface area contributed by atoms with Crippen molar-refractivity contribution in [1.82, 2.24) is 10.2 Å². The molecule has 2 aromatic carbocycles. The van der Waals surface area contributed by atoms with Crippen LogP contribution in [0.15, 0.2) is 54.6 Å². The third-order valence-electron chi connectivity index (χ3n) is 4.23. The lowest BCUT2D eigenvalue weighted by Crippen LogP contribution is -2.51. The van der Waals surface area contributed by atoms with Gasteiger partial charge in [0.05, 0.1) is 11.1 Å². The maximum atomic E-state index is 12.7. The monoisotopic (exact) mass is 384 g/mol. The van der Waals surface area contributed by atoms with Crippen molar-refractivity contribution in [3.05, 3.63) is 71.3 Å². The Hall–Kier alpha value is -2.80. The van der Waals surface area contributed by atoms with Crippen LogP contribution >= 0.6 is 11.8 Å². The zero-order valence-corrected chi connectivity index (χ0v) is 15.7. The Morgan fingerprint density at radius 2 is 1.63 bits per heavy atom. The Morgan fingerprint density at radius 1 is 1.04 bits per heavy atom. The van der Waals surface area contributed by atoms with Gasteiger partial charge in [0, 0.05) is 0 Å². The van der Waals surface area contributed by atoms with Crippen LogP contribution in [0.5, 0.6) is 0 Å². The number of carbonyl (C=O) groups is 3. The minimum atomic E-state index is -0.756. The summed E-state index contributed by atoms with van der Waals surface area (Å²) in [5.41, 5.74) is 1.57. The van der Waals surface area contributed by atoms with Crippen LogP contribution in [0.2, 0.25) is 0 Å². The summed E-state index contributed by atoms with van der Waals surface area (Å²) in [5.74, 6) is -0.119. The normalized spacial score (nSPS) is 14.0. The van der Waals surface area contributed by atoms with E-state index in [4.69, 9.17) is 4.74 Å². The number of rotatable bonds is 7. The van der Waals surface area contributed by atoms with Crippen LogP contribution in [-0.2, 0) is 11.3 Å². The van der Waals surface area contributed by atoms with Gasteiger partial charge in [-0.25, -0.2) is 4.79 Å². The first-order valence-corrected chi connectivity index (χ1v) is 9.94. The van der Waals surface area contributed by atoms with Crippen LogP contribution in [0.4, 0.5) is 4.79 Å². The van der Waals surface area contributed by atoms with Crippen LogP contribution < -0.4 is 5.32 Å². The maximum absolute atomic E-state index is 12.7. The molecule has 0 bridgehead atoms. The number of alkyl carbamates (subject to hydrolysis) is 1. The molecule has 0 saturated heterocycles. The number of nitrogens with one attached hydrogen (secondary N) is 1. The molecular weight excluding hydrogens is 364 g/mol. The third-order valence-corrected chi connectivity index (χ3v) is 4.87. The Kier molecular flexibility index (Phi) is 6.13. The van der Waals surface area contributed by atoms with Gasteiger partial charge in [-0.05, 0) is 36.1 Å². The highest BCUT2D eigenvalue weighted by Gasteiger charge is 2.40. The van der Waals surface area contributed by atoms with Crippen molar-refractivity contribution in [1.29, 1.82) is 0 Å². The second kappa shape index (κ2) is 8.73. The highest BCUT2D eigenvalue weighted by molar-refractivity contribution is 7.98. The molecule has 0 saturated carbocycles. The summed E-state index contributed by atoms with van der Waals surface area (Å²) in [4.78, 5) is 38.7. The molecular formula is C20H20N2O4S. The van der Waals surface area contributed by atoms with E-state index in [9.17, 15) is 14.4 Å². The summed E-state index contributed by atoms with van der Waals surface area (Å²) < 4.78 is 5.24. The van der Waals surface area contributed by atoms with E-state index in [2.05, 4.69) is 5.32 Å². The topological polar surface area (TPSA) is 75.7 Å². The number of ether oxygens (including phenoxy) is 1. The van der Waals surface area contributed by atoms with Gasteiger partial charge >= 0.3 is 6.09 Å². The third kappa shape index (κ3) is 4.31. The second-order valence-electron chi connectivity index (χ2n) is 6.03. The van der Waals surface area contributed by atoms with E-state index >= 15 is 0 Å². The van der Waals surface area contributed by atoms with Crippen molar-refractivity contribution in [2.75, 3.05) is 12.0 Å². The highest BCUT2D eigenvalue weighted by atomic mass is 32.2. The first kappa shape index (κ1) is 19.0. The van der Waals surface area contributed by atoms with Gasteiger partial charge in [-0.15, -0.1) is 0 Å². The lowest BCUT2D eigenvalue weighted by molar-refractivity contribution is 0.0538. The lowest BCUT2D eigenvalue weighted by Gasteiger charge is -2.26. The number of hydrogen-bond donors (Lipinski definition) is 1. The number of carbonyl (C=O) groups excluding carboxylic acids is 3. The molecule has 1 unspecified atom stereocenters. The average Bonchev–Trinajstić information content (AvgIpc) is 2.95. The quantitative estimate of drug-likeness (QED) is 0.742. The molecule has 7 heteroatoms. The van der Waals surface area contributed by atoms with Gasteiger partial charge in [0.1, 0.15) is 12.8 Å². The first-order chi connectivity index (χ1) is 13.1. The summed E-state index contributed by atoms with van der Waals surface area (Å²) >= 11 is 1.57. The molecule has 27 heavy (non-hydrogen) atoms. The molecule has 140 valence electrons. The summed E-state index contributed by atoms with van der Waals surface area (Å²) in [6.45, 7) is 0.115. The molecule has 0 fully saturated rings. The average molecular weight is 384 g/mol. The van der Waals surface area contributed by atoms with E-state index < -0.39 is 24.1 Å². The van der Waals surface area contributed by atoms with Crippen molar-refractivity contribution in [2.45, 2.75) is 19.2 Å². The molecule has 3 amide bonds. The van der Waals surface area contributed by atoms with E-state index in [1.165, 1.54) is 0 Å². The minimum absolute atomic E-state index is 0.115. The lowest BCUT2D eigenvalue weighted by atomic mass is 10.1. The number of imide groups is 1. The standard InChI is InChI=1S/C20H20N2O4S/c1-27-12-11-17(21-20(25)26-13-14-7-3-2-4-8-14)22-18(23)15-9-5-6-10-16(15)19(22)24/h2-10,17H,11-13H2,1H3,(H,21,25). The van der Waals surface area contributed by atoms with Crippen LogP contribution in [0.3, 0.4) is 0 Å². The predicted molar refractivity (Wildman–Crippen MR) is 103 cm³/mol. The van der Waals surface area contributed by atoms with E-state index in [-0.39, 0.29) is 6.61 Å². The number of nitrogens with zero attached hydrogens (tertiary/aromatic N) is 1. The van der Waals surface area contributed by atoms with E-state index in [1.54, 1.807) is 36.0 Å². The number of fused-ring (bicyclic) bond motifs is 1. The fourth-order valence-corrected chi connectivity index (χ4v) is 3.35. The molecule has 0 spiro atoms. The van der Waals surface area contributed by atoms with Crippen molar-refractivity contribution in [3.63, 3.8) is 0 Å². The van der Waals surface area contributed by atoms with E-state index in [0.29, 0.717) is 23.3 Å². The van der Waals surface area contributed by atoms with Crippen LogP contribution in [0.1, 0.15) is 32.7 Å². The number of thioether (sulfide) groups is 1. The molecule has 1 heterocycles. The van der Waals surface area contributed by atoms with Crippen LogP contribution in [0, 0.1) is 0 Å². The Balaban J connectivity index is 1.70.